The average molecular weight is 495 g/mol. The first kappa shape index (κ1) is 23.3. The molecule has 4 aromatic rings. The molecule has 1 fully saturated rings. The Morgan fingerprint density at radius 2 is 2.09 bits per heavy atom. The van der Waals surface area contributed by atoms with Gasteiger partial charge in [0.1, 0.15) is 5.52 Å². The van der Waals surface area contributed by atoms with Gasteiger partial charge in [0.05, 0.1) is 55.4 Å². The third kappa shape index (κ3) is 4.24. The van der Waals surface area contributed by atoms with Crippen LogP contribution >= 0.6 is 0 Å². The summed E-state index contributed by atoms with van der Waals surface area (Å²) in [6, 6.07) is 3.55. The molecule has 1 aliphatic heterocycles. The molecule has 8 nitrogen and oxygen atoms in total. The van der Waals surface area contributed by atoms with Gasteiger partial charge in [0.2, 0.25) is 11.8 Å². The Bertz CT molecular complexity index is 1390. The molecule has 0 radical (unpaired) electrons. The number of rotatable bonds is 6. The molecular weight excluding hydrogens is 473 g/mol. The average Bonchev–Trinajstić information content (AvgIpc) is 3.33. The largest absolute Gasteiger partial charge is 0.479 e. The van der Waals surface area contributed by atoms with Crippen molar-refractivity contribution < 1.29 is 26.7 Å². The van der Waals surface area contributed by atoms with E-state index in [1.54, 1.807) is 30.1 Å². The van der Waals surface area contributed by atoms with Gasteiger partial charge in [0.15, 0.2) is 5.82 Å². The zero-order valence-corrected chi connectivity index (χ0v) is 18.9. The van der Waals surface area contributed by atoms with Crippen molar-refractivity contribution in [3.63, 3.8) is 0 Å². The zero-order chi connectivity index (χ0) is 24.9. The second-order valence-corrected chi connectivity index (χ2v) is 8.57. The lowest BCUT2D eigenvalue weighted by Gasteiger charge is -2.36. The van der Waals surface area contributed by atoms with Gasteiger partial charge in [-0.05, 0) is 31.2 Å². The van der Waals surface area contributed by atoms with Crippen LogP contribution in [0, 0.1) is 5.82 Å². The number of methoxy groups -OCH3 is 1. The third-order valence-corrected chi connectivity index (χ3v) is 6.08. The van der Waals surface area contributed by atoms with E-state index in [9.17, 15) is 17.6 Å². The van der Waals surface area contributed by atoms with Crippen molar-refractivity contribution in [2.45, 2.75) is 31.4 Å². The lowest BCUT2D eigenvalue weighted by atomic mass is 10.0. The number of alkyl halides is 4. The maximum atomic E-state index is 15.2. The number of piperidine rings is 1. The molecule has 0 spiro atoms. The van der Waals surface area contributed by atoms with Crippen molar-refractivity contribution >= 4 is 22.5 Å². The SMILES string of the molecule is COc1nc(NC2CCN(C)CC2(F)F)nn2cc(F)c(-c3ccc4ncn(CC(F)F)c4c3)c12. The van der Waals surface area contributed by atoms with Gasteiger partial charge >= 0.3 is 0 Å². The normalized spacial score (nSPS) is 18.6. The van der Waals surface area contributed by atoms with Crippen LogP contribution in [0.5, 0.6) is 5.88 Å². The standard InChI is InChI=1S/C22H22F5N7O/c1-32-6-5-16(22(26,27)10-32)29-21-30-20(35-2)19-18(13(23)8-34(19)31-21)12-3-4-14-15(7-12)33(11-28-14)9-17(24)25/h3-4,7-8,11,16-17H,5-6,9-10H2,1-2H3,(H,29,31). The Kier molecular flexibility index (Phi) is 5.74. The number of fused-ring (bicyclic) bond motifs is 2. The molecule has 1 unspecified atom stereocenters. The van der Waals surface area contributed by atoms with Crippen LogP contribution in [-0.2, 0) is 6.54 Å². The number of ether oxygens (including phenoxy) is 1. The molecular formula is C22H22F5N7O. The first-order chi connectivity index (χ1) is 16.7. The summed E-state index contributed by atoms with van der Waals surface area (Å²) in [6.45, 7) is -0.488. The van der Waals surface area contributed by atoms with Gasteiger partial charge in [-0.15, -0.1) is 5.10 Å². The van der Waals surface area contributed by atoms with Crippen molar-refractivity contribution in [3.05, 3.63) is 36.5 Å². The van der Waals surface area contributed by atoms with Crippen molar-refractivity contribution in [2.24, 2.45) is 0 Å². The minimum atomic E-state index is -3.01. The number of halogens is 5. The number of nitrogens with zero attached hydrogens (tertiary/aromatic N) is 6. The second kappa shape index (κ2) is 8.63. The Morgan fingerprint density at radius 3 is 2.80 bits per heavy atom. The first-order valence-electron chi connectivity index (χ1n) is 10.9. The molecule has 5 rings (SSSR count). The fraction of sp³-hybridized carbons (Fsp3) is 0.409. The lowest BCUT2D eigenvalue weighted by Crippen LogP contribution is -2.53. The van der Waals surface area contributed by atoms with E-state index in [1.807, 2.05) is 0 Å². The van der Waals surface area contributed by atoms with Crippen LogP contribution in [0.15, 0.2) is 30.7 Å². The fourth-order valence-electron chi connectivity index (χ4n) is 4.45. The van der Waals surface area contributed by atoms with Gasteiger partial charge in [0, 0.05) is 6.54 Å². The van der Waals surface area contributed by atoms with Crippen LogP contribution in [0.25, 0.3) is 27.7 Å². The number of aromatic nitrogens is 5. The van der Waals surface area contributed by atoms with Crippen molar-refractivity contribution in [3.8, 4) is 17.0 Å². The maximum absolute atomic E-state index is 15.2. The Hall–Kier alpha value is -3.48. The number of anilines is 1. The molecule has 1 aliphatic rings. The van der Waals surface area contributed by atoms with Crippen LogP contribution in [0.1, 0.15) is 6.42 Å². The van der Waals surface area contributed by atoms with E-state index in [-0.39, 0.29) is 29.3 Å². The zero-order valence-electron chi connectivity index (χ0n) is 18.9. The number of likely N-dealkylation sites (tertiary alicyclic amines) is 1. The summed E-state index contributed by atoms with van der Waals surface area (Å²) in [5, 5.41) is 6.86. The molecule has 0 aliphatic carbocycles. The van der Waals surface area contributed by atoms with Gasteiger partial charge in [-0.2, -0.15) is 4.98 Å². The molecule has 0 bridgehead atoms. The number of imidazole rings is 1. The first-order valence-corrected chi connectivity index (χ1v) is 10.9. The highest BCUT2D eigenvalue weighted by Crippen LogP contribution is 2.36. The van der Waals surface area contributed by atoms with E-state index < -0.39 is 37.3 Å². The monoisotopic (exact) mass is 495 g/mol. The summed E-state index contributed by atoms with van der Waals surface area (Å²) in [5.41, 5.74) is 1.52. The predicted molar refractivity (Wildman–Crippen MR) is 119 cm³/mol. The van der Waals surface area contributed by atoms with Gasteiger partial charge < -0.3 is 19.5 Å². The molecule has 3 aromatic heterocycles. The molecule has 1 saturated heterocycles. The number of nitrogens with one attached hydrogen (secondary N) is 1. The highest BCUT2D eigenvalue weighted by atomic mass is 19.3. The summed E-state index contributed by atoms with van der Waals surface area (Å²) in [4.78, 5) is 9.86. The maximum Gasteiger partial charge on any atom is 0.280 e. The van der Waals surface area contributed by atoms with Crippen LogP contribution in [0.4, 0.5) is 27.9 Å². The van der Waals surface area contributed by atoms with Crippen LogP contribution in [0.2, 0.25) is 0 Å². The highest BCUT2D eigenvalue weighted by molar-refractivity contribution is 5.90. The number of hydrogen-bond acceptors (Lipinski definition) is 6. The van der Waals surface area contributed by atoms with Crippen molar-refractivity contribution in [1.29, 1.82) is 0 Å². The smallest absolute Gasteiger partial charge is 0.280 e. The summed E-state index contributed by atoms with van der Waals surface area (Å²) in [6.07, 6.45) is -0.0208. The van der Waals surface area contributed by atoms with Crippen molar-refractivity contribution in [1.82, 2.24) is 29.0 Å². The minimum Gasteiger partial charge on any atom is -0.479 e. The summed E-state index contributed by atoms with van der Waals surface area (Å²) < 4.78 is 77.9. The molecule has 35 heavy (non-hydrogen) atoms. The van der Waals surface area contributed by atoms with E-state index in [0.29, 0.717) is 23.1 Å². The molecule has 0 amide bonds. The summed E-state index contributed by atoms with van der Waals surface area (Å²) in [7, 11) is 2.95. The quantitative estimate of drug-likeness (QED) is 0.409. The summed E-state index contributed by atoms with van der Waals surface area (Å²) >= 11 is 0. The van der Waals surface area contributed by atoms with E-state index in [4.69, 9.17) is 4.74 Å². The van der Waals surface area contributed by atoms with E-state index in [0.717, 1.165) is 6.20 Å². The summed E-state index contributed by atoms with van der Waals surface area (Å²) in [5.74, 6) is -3.84. The van der Waals surface area contributed by atoms with Gasteiger partial charge in [-0.25, -0.2) is 31.5 Å². The molecule has 1 aromatic carbocycles. The third-order valence-electron chi connectivity index (χ3n) is 6.08. The van der Waals surface area contributed by atoms with Gasteiger partial charge in [0.25, 0.3) is 12.3 Å². The predicted octanol–water partition coefficient (Wildman–Crippen LogP) is 3.91. The Labute approximate surface area is 196 Å². The Morgan fingerprint density at radius 1 is 1.29 bits per heavy atom. The molecule has 186 valence electrons. The molecule has 1 N–H and O–H groups in total. The molecule has 4 heterocycles. The fourth-order valence-corrected chi connectivity index (χ4v) is 4.45. The van der Waals surface area contributed by atoms with Gasteiger partial charge in [-0.1, -0.05) is 6.07 Å². The van der Waals surface area contributed by atoms with Gasteiger partial charge in [-0.3, -0.25) is 0 Å². The number of hydrogen-bond donors (Lipinski definition) is 1. The van der Waals surface area contributed by atoms with Crippen LogP contribution < -0.4 is 10.1 Å². The molecule has 1 atom stereocenters. The van der Waals surface area contributed by atoms with E-state index >= 15 is 4.39 Å². The topological polar surface area (TPSA) is 72.5 Å². The Balaban J connectivity index is 1.56. The number of benzene rings is 1. The van der Waals surface area contributed by atoms with Crippen molar-refractivity contribution in [2.75, 3.05) is 32.6 Å². The van der Waals surface area contributed by atoms with E-state index in [2.05, 4.69) is 20.4 Å². The minimum absolute atomic E-state index is 0.0289. The lowest BCUT2D eigenvalue weighted by molar-refractivity contribution is -0.0675. The van der Waals surface area contributed by atoms with Crippen LogP contribution in [-0.4, -0.2) is 74.7 Å². The van der Waals surface area contributed by atoms with Crippen LogP contribution in [0.3, 0.4) is 0 Å². The second-order valence-electron chi connectivity index (χ2n) is 8.57. The molecule has 0 saturated carbocycles. The highest BCUT2D eigenvalue weighted by Gasteiger charge is 2.44. The molecule has 13 heteroatoms. The van der Waals surface area contributed by atoms with E-state index in [1.165, 1.54) is 22.5 Å².